The van der Waals surface area contributed by atoms with E-state index in [1.165, 1.54) is 7.11 Å². The summed E-state index contributed by atoms with van der Waals surface area (Å²) in [5.41, 5.74) is 4.20. The molecule has 3 aromatic carbocycles. The van der Waals surface area contributed by atoms with Crippen LogP contribution in [0, 0.1) is 13.8 Å². The van der Waals surface area contributed by atoms with Gasteiger partial charge in [0.25, 0.3) is 11.1 Å². The number of benzene rings is 3. The van der Waals surface area contributed by atoms with E-state index in [4.69, 9.17) is 32.7 Å². The van der Waals surface area contributed by atoms with Gasteiger partial charge in [-0.15, -0.1) is 0 Å². The minimum atomic E-state index is -0.533. The number of methoxy groups -OCH3 is 1. The molecule has 0 saturated carbocycles. The van der Waals surface area contributed by atoms with Crippen LogP contribution >= 0.6 is 35.0 Å². The highest BCUT2D eigenvalue weighted by Gasteiger charge is 2.36. The first-order valence-electron chi connectivity index (χ1n) is 11.5. The molecule has 0 bridgehead atoms. The zero-order valence-electron chi connectivity index (χ0n) is 20.8. The normalized spacial score (nSPS) is 14.2. The van der Waals surface area contributed by atoms with Gasteiger partial charge < -0.3 is 14.8 Å². The van der Waals surface area contributed by atoms with Gasteiger partial charge >= 0.3 is 0 Å². The molecule has 7 nitrogen and oxygen atoms in total. The highest BCUT2D eigenvalue weighted by atomic mass is 35.5. The average molecular weight is 571 g/mol. The summed E-state index contributed by atoms with van der Waals surface area (Å²) in [4.78, 5) is 39.0. The number of anilines is 1. The van der Waals surface area contributed by atoms with E-state index in [1.54, 1.807) is 42.5 Å². The lowest BCUT2D eigenvalue weighted by atomic mass is 10.1. The van der Waals surface area contributed by atoms with E-state index in [0.717, 1.165) is 33.4 Å². The number of amides is 3. The Morgan fingerprint density at radius 2 is 1.76 bits per heavy atom. The number of thioether (sulfide) groups is 1. The zero-order chi connectivity index (χ0) is 27.4. The van der Waals surface area contributed by atoms with Gasteiger partial charge in [-0.3, -0.25) is 19.3 Å². The second-order valence-electron chi connectivity index (χ2n) is 8.56. The molecule has 1 aliphatic rings. The molecule has 38 heavy (non-hydrogen) atoms. The van der Waals surface area contributed by atoms with Crippen LogP contribution in [0.4, 0.5) is 10.5 Å². The first-order valence-corrected chi connectivity index (χ1v) is 13.1. The second kappa shape index (κ2) is 11.9. The maximum Gasteiger partial charge on any atom is 0.294 e. The molecule has 1 N–H and O–H groups in total. The van der Waals surface area contributed by atoms with Gasteiger partial charge in [0.15, 0.2) is 11.5 Å². The van der Waals surface area contributed by atoms with Gasteiger partial charge in [0.05, 0.1) is 22.1 Å². The Hall–Kier alpha value is -3.46. The Labute approximate surface area is 234 Å². The van der Waals surface area contributed by atoms with E-state index in [0.29, 0.717) is 32.8 Å². The summed E-state index contributed by atoms with van der Waals surface area (Å²) in [7, 11) is 1.51. The number of imide groups is 1. The SMILES string of the molecule is COc1cc(/C=C2/SC(=O)N(CC(=O)Nc3ccc(C)c(C)c3)C2=O)ccc1OCc1ccc(Cl)c(Cl)c1. The molecular weight excluding hydrogens is 547 g/mol. The molecule has 1 fully saturated rings. The fourth-order valence-electron chi connectivity index (χ4n) is 3.63. The summed E-state index contributed by atoms with van der Waals surface area (Å²) < 4.78 is 11.3. The molecule has 1 saturated heterocycles. The number of hydrogen-bond acceptors (Lipinski definition) is 6. The fourth-order valence-corrected chi connectivity index (χ4v) is 4.79. The van der Waals surface area contributed by atoms with Crippen molar-refractivity contribution in [2.45, 2.75) is 20.5 Å². The number of nitrogens with one attached hydrogen (secondary N) is 1. The lowest BCUT2D eigenvalue weighted by Crippen LogP contribution is -2.36. The largest absolute Gasteiger partial charge is 0.493 e. The lowest BCUT2D eigenvalue weighted by Gasteiger charge is -2.13. The molecule has 3 aromatic rings. The summed E-state index contributed by atoms with van der Waals surface area (Å²) in [6.45, 7) is 3.78. The van der Waals surface area contributed by atoms with Gasteiger partial charge in [-0.2, -0.15) is 0 Å². The van der Waals surface area contributed by atoms with Crippen LogP contribution in [0.3, 0.4) is 0 Å². The minimum absolute atomic E-state index is 0.209. The number of hydrogen-bond donors (Lipinski definition) is 1. The number of carbonyl (C=O) groups excluding carboxylic acids is 3. The van der Waals surface area contributed by atoms with Crippen molar-refractivity contribution in [3.63, 3.8) is 0 Å². The van der Waals surface area contributed by atoms with Gasteiger partial charge in [0, 0.05) is 5.69 Å². The fraction of sp³-hybridized carbons (Fsp3) is 0.179. The van der Waals surface area contributed by atoms with E-state index >= 15 is 0 Å². The van der Waals surface area contributed by atoms with Crippen molar-refractivity contribution in [3.8, 4) is 11.5 Å². The van der Waals surface area contributed by atoms with Crippen LogP contribution in [0.15, 0.2) is 59.5 Å². The van der Waals surface area contributed by atoms with Gasteiger partial charge in [0.1, 0.15) is 13.2 Å². The Morgan fingerprint density at radius 3 is 2.47 bits per heavy atom. The Balaban J connectivity index is 1.42. The van der Waals surface area contributed by atoms with E-state index in [-0.39, 0.29) is 18.1 Å². The van der Waals surface area contributed by atoms with E-state index in [2.05, 4.69) is 5.32 Å². The van der Waals surface area contributed by atoms with Gasteiger partial charge in [-0.25, -0.2) is 0 Å². The van der Waals surface area contributed by atoms with E-state index < -0.39 is 17.1 Å². The summed E-state index contributed by atoms with van der Waals surface area (Å²) in [5.74, 6) is -0.0475. The van der Waals surface area contributed by atoms with Gasteiger partial charge in [-0.05, 0) is 90.3 Å². The third kappa shape index (κ3) is 6.51. The maximum absolute atomic E-state index is 12.9. The quantitative estimate of drug-likeness (QED) is 0.297. The lowest BCUT2D eigenvalue weighted by molar-refractivity contribution is -0.127. The van der Waals surface area contributed by atoms with E-state index in [9.17, 15) is 14.4 Å². The van der Waals surface area contributed by atoms with Crippen molar-refractivity contribution in [2.24, 2.45) is 0 Å². The number of halogens is 2. The summed E-state index contributed by atoms with van der Waals surface area (Å²) in [5, 5.41) is 3.12. The Bertz CT molecular complexity index is 1460. The number of aryl methyl sites for hydroxylation is 2. The molecular formula is C28H24Cl2N2O5S. The molecule has 0 aliphatic carbocycles. The van der Waals surface area contributed by atoms with Gasteiger partial charge in [0.2, 0.25) is 5.91 Å². The van der Waals surface area contributed by atoms with Crippen molar-refractivity contribution in [1.82, 2.24) is 4.90 Å². The van der Waals surface area contributed by atoms with Crippen molar-refractivity contribution >= 4 is 63.8 Å². The van der Waals surface area contributed by atoms with E-state index in [1.807, 2.05) is 32.0 Å². The minimum Gasteiger partial charge on any atom is -0.493 e. The predicted octanol–water partition coefficient (Wildman–Crippen LogP) is 6.87. The number of nitrogens with zero attached hydrogens (tertiary/aromatic N) is 1. The highest BCUT2D eigenvalue weighted by molar-refractivity contribution is 8.18. The summed E-state index contributed by atoms with van der Waals surface area (Å²) >= 11 is 12.8. The molecule has 0 atom stereocenters. The molecule has 1 aliphatic heterocycles. The smallest absolute Gasteiger partial charge is 0.294 e. The highest BCUT2D eigenvalue weighted by Crippen LogP contribution is 2.35. The van der Waals surface area contributed by atoms with Gasteiger partial charge in [-0.1, -0.05) is 41.4 Å². The zero-order valence-corrected chi connectivity index (χ0v) is 23.2. The molecule has 3 amide bonds. The number of rotatable bonds is 8. The van der Waals surface area contributed by atoms with Crippen molar-refractivity contribution < 1.29 is 23.9 Å². The number of carbonyl (C=O) groups is 3. The first-order chi connectivity index (χ1) is 18.1. The molecule has 4 rings (SSSR count). The standard InChI is InChI=1S/C28H24Cl2N2O5S/c1-16-4-7-20(10-17(16)2)31-26(33)14-32-27(34)25(38-28(32)35)13-18-6-9-23(24(12-18)36-3)37-15-19-5-8-21(29)22(30)11-19/h4-13H,14-15H2,1-3H3,(H,31,33)/b25-13+. The maximum atomic E-state index is 12.9. The van der Waals surface area contributed by atoms with Crippen molar-refractivity contribution in [3.05, 3.63) is 91.8 Å². The molecule has 10 heteroatoms. The molecule has 0 aromatic heterocycles. The van der Waals surface area contributed by atoms with Crippen LogP contribution in [0.5, 0.6) is 11.5 Å². The third-order valence-electron chi connectivity index (χ3n) is 5.83. The molecule has 1 heterocycles. The topological polar surface area (TPSA) is 84.9 Å². The predicted molar refractivity (Wildman–Crippen MR) is 151 cm³/mol. The van der Waals surface area contributed by atoms with Crippen LogP contribution in [0.1, 0.15) is 22.3 Å². The number of ether oxygens (including phenoxy) is 2. The molecule has 0 spiro atoms. The first kappa shape index (κ1) is 27.6. The molecule has 0 unspecified atom stereocenters. The van der Waals surface area contributed by atoms with Crippen LogP contribution in [0.25, 0.3) is 6.08 Å². The van der Waals surface area contributed by atoms with Crippen molar-refractivity contribution in [1.29, 1.82) is 0 Å². The summed E-state index contributed by atoms with van der Waals surface area (Å²) in [6, 6.07) is 15.9. The Kier molecular flexibility index (Phi) is 8.66. The van der Waals surface area contributed by atoms with Crippen LogP contribution in [-0.4, -0.2) is 35.6 Å². The van der Waals surface area contributed by atoms with Crippen LogP contribution in [-0.2, 0) is 16.2 Å². The average Bonchev–Trinajstić information content (AvgIpc) is 3.14. The summed E-state index contributed by atoms with van der Waals surface area (Å²) in [6.07, 6.45) is 1.58. The van der Waals surface area contributed by atoms with Crippen LogP contribution in [0.2, 0.25) is 10.0 Å². The monoisotopic (exact) mass is 570 g/mol. The van der Waals surface area contributed by atoms with Crippen molar-refractivity contribution in [2.75, 3.05) is 19.0 Å². The molecule has 0 radical (unpaired) electrons. The Morgan fingerprint density at radius 1 is 0.974 bits per heavy atom. The molecule has 196 valence electrons. The third-order valence-corrected chi connectivity index (χ3v) is 7.48. The van der Waals surface area contributed by atoms with Crippen LogP contribution < -0.4 is 14.8 Å². The second-order valence-corrected chi connectivity index (χ2v) is 10.4.